The Bertz CT molecular complexity index is 871. The van der Waals surface area contributed by atoms with E-state index < -0.39 is 6.04 Å². The van der Waals surface area contributed by atoms with E-state index in [0.717, 1.165) is 11.1 Å². The number of nitrogens with zero attached hydrogens (tertiary/aromatic N) is 1. The van der Waals surface area contributed by atoms with Gasteiger partial charge in [0.15, 0.2) is 0 Å². The Morgan fingerprint density at radius 2 is 1.66 bits per heavy atom. The van der Waals surface area contributed by atoms with Gasteiger partial charge in [-0.25, -0.2) is 0 Å². The lowest BCUT2D eigenvalue weighted by Gasteiger charge is -2.29. The van der Waals surface area contributed by atoms with Crippen molar-refractivity contribution in [3.63, 3.8) is 0 Å². The molecule has 0 saturated heterocycles. The lowest BCUT2D eigenvalue weighted by atomic mass is 10.1. The molecule has 0 spiro atoms. The number of carbonyl (C=O) groups excluding carboxylic acids is 2. The molecule has 1 N–H and O–H groups in total. The van der Waals surface area contributed by atoms with Crippen molar-refractivity contribution in [3.05, 3.63) is 68.7 Å². The van der Waals surface area contributed by atoms with Crippen LogP contribution in [0.25, 0.3) is 0 Å². The van der Waals surface area contributed by atoms with E-state index in [0.29, 0.717) is 27.5 Å². The van der Waals surface area contributed by atoms with Crippen LogP contribution in [0.2, 0.25) is 15.1 Å². The summed E-state index contributed by atoms with van der Waals surface area (Å²) in [6.45, 7) is 6.53. The van der Waals surface area contributed by atoms with Crippen LogP contribution in [0.1, 0.15) is 31.9 Å². The van der Waals surface area contributed by atoms with Gasteiger partial charge in [-0.3, -0.25) is 9.59 Å². The van der Waals surface area contributed by atoms with Crippen molar-refractivity contribution < 1.29 is 9.59 Å². The molecule has 4 nitrogen and oxygen atoms in total. The fourth-order valence-corrected chi connectivity index (χ4v) is 3.29. The van der Waals surface area contributed by atoms with Crippen LogP contribution < -0.4 is 5.32 Å². The molecule has 0 fully saturated rings. The second kappa shape index (κ2) is 10.9. The Balaban J connectivity index is 2.24. The maximum Gasteiger partial charge on any atom is 0.242 e. The maximum atomic E-state index is 13.1. The lowest BCUT2D eigenvalue weighted by Crippen LogP contribution is -2.48. The molecule has 2 rings (SSSR count). The predicted octanol–water partition coefficient (Wildman–Crippen LogP) is 5.38. The third kappa shape index (κ3) is 6.91. The van der Waals surface area contributed by atoms with E-state index in [4.69, 9.17) is 34.8 Å². The minimum Gasteiger partial charge on any atom is -0.354 e. The number of benzene rings is 2. The molecule has 2 amide bonds. The molecule has 2 aromatic carbocycles. The molecule has 2 aromatic rings. The van der Waals surface area contributed by atoms with Gasteiger partial charge >= 0.3 is 0 Å². The summed E-state index contributed by atoms with van der Waals surface area (Å²) in [7, 11) is 0. The van der Waals surface area contributed by atoms with Crippen LogP contribution in [-0.4, -0.2) is 29.3 Å². The summed E-state index contributed by atoms with van der Waals surface area (Å²) in [6, 6.07) is 11.7. The smallest absolute Gasteiger partial charge is 0.242 e. The summed E-state index contributed by atoms with van der Waals surface area (Å²) >= 11 is 18.3. The number of hydrogen-bond acceptors (Lipinski definition) is 2. The van der Waals surface area contributed by atoms with Crippen LogP contribution in [0.15, 0.2) is 42.5 Å². The van der Waals surface area contributed by atoms with Crippen molar-refractivity contribution >= 4 is 46.6 Å². The van der Waals surface area contributed by atoms with E-state index in [2.05, 4.69) is 5.32 Å². The third-order valence-electron chi connectivity index (χ3n) is 4.49. The molecule has 0 aliphatic rings. The molecule has 156 valence electrons. The van der Waals surface area contributed by atoms with E-state index in [1.165, 1.54) is 0 Å². The number of carbonyl (C=O) groups is 2. The summed E-state index contributed by atoms with van der Waals surface area (Å²) in [5, 5.41) is 4.26. The standard InChI is InChI=1S/C22H25Cl3N2O2/c1-14(2)12-26-22(29)15(3)27(13-17-6-4-5-7-18(17)23)21(28)11-16-8-9-19(24)20(25)10-16/h4-10,14-15H,11-13H2,1-3H3,(H,26,29)/t15-/m1/s1. The van der Waals surface area contributed by atoms with Crippen molar-refractivity contribution in [3.8, 4) is 0 Å². The Labute approximate surface area is 187 Å². The van der Waals surface area contributed by atoms with Gasteiger partial charge in [0.25, 0.3) is 0 Å². The highest BCUT2D eigenvalue weighted by atomic mass is 35.5. The van der Waals surface area contributed by atoms with E-state index in [-0.39, 0.29) is 24.8 Å². The van der Waals surface area contributed by atoms with Crippen LogP contribution >= 0.6 is 34.8 Å². The van der Waals surface area contributed by atoms with E-state index in [1.54, 1.807) is 36.1 Å². The number of halogens is 3. The number of hydrogen-bond donors (Lipinski definition) is 1. The van der Waals surface area contributed by atoms with Gasteiger partial charge in [-0.2, -0.15) is 0 Å². The first-order valence-electron chi connectivity index (χ1n) is 9.43. The van der Waals surface area contributed by atoms with E-state index in [9.17, 15) is 9.59 Å². The van der Waals surface area contributed by atoms with Crippen molar-refractivity contribution in [2.24, 2.45) is 5.92 Å². The second-order valence-electron chi connectivity index (χ2n) is 7.35. The largest absolute Gasteiger partial charge is 0.354 e. The first kappa shape index (κ1) is 23.5. The first-order chi connectivity index (χ1) is 13.7. The van der Waals surface area contributed by atoms with Crippen LogP contribution in [-0.2, 0) is 22.6 Å². The van der Waals surface area contributed by atoms with Gasteiger partial charge in [0.2, 0.25) is 11.8 Å². The average molecular weight is 456 g/mol. The molecule has 0 bridgehead atoms. The molecular weight excluding hydrogens is 431 g/mol. The topological polar surface area (TPSA) is 49.4 Å². The average Bonchev–Trinajstić information content (AvgIpc) is 2.67. The normalized spacial score (nSPS) is 12.0. The monoisotopic (exact) mass is 454 g/mol. The molecule has 1 atom stereocenters. The number of rotatable bonds is 8. The van der Waals surface area contributed by atoms with E-state index in [1.807, 2.05) is 32.0 Å². The minimum absolute atomic E-state index is 0.100. The van der Waals surface area contributed by atoms with Gasteiger partial charge in [-0.05, 0) is 42.2 Å². The zero-order chi connectivity index (χ0) is 21.6. The van der Waals surface area contributed by atoms with Crippen LogP contribution in [0.5, 0.6) is 0 Å². The molecule has 0 heterocycles. The number of amides is 2. The molecule has 0 saturated carbocycles. The molecule has 0 unspecified atom stereocenters. The van der Waals surface area contributed by atoms with Crippen molar-refractivity contribution in [1.82, 2.24) is 10.2 Å². The Kier molecular flexibility index (Phi) is 8.81. The Morgan fingerprint density at radius 3 is 2.28 bits per heavy atom. The van der Waals surface area contributed by atoms with E-state index >= 15 is 0 Å². The zero-order valence-electron chi connectivity index (χ0n) is 16.7. The summed E-state index contributed by atoms with van der Waals surface area (Å²) in [6.07, 6.45) is 0.100. The first-order valence-corrected chi connectivity index (χ1v) is 10.6. The van der Waals surface area contributed by atoms with Gasteiger partial charge in [0, 0.05) is 18.1 Å². The van der Waals surface area contributed by atoms with Gasteiger partial charge in [0.1, 0.15) is 6.04 Å². The Morgan fingerprint density at radius 1 is 0.966 bits per heavy atom. The summed E-state index contributed by atoms with van der Waals surface area (Å²) in [5.74, 6) is -0.0844. The van der Waals surface area contributed by atoms with Crippen LogP contribution in [0, 0.1) is 5.92 Å². The Hall–Kier alpha value is -1.75. The highest BCUT2D eigenvalue weighted by molar-refractivity contribution is 6.42. The zero-order valence-corrected chi connectivity index (χ0v) is 19.0. The van der Waals surface area contributed by atoms with Crippen LogP contribution in [0.3, 0.4) is 0 Å². The molecule has 29 heavy (non-hydrogen) atoms. The molecule has 7 heteroatoms. The SMILES string of the molecule is CC(C)CNC(=O)[C@@H](C)N(Cc1ccccc1Cl)C(=O)Cc1ccc(Cl)c(Cl)c1. The quantitative estimate of drug-likeness (QED) is 0.581. The van der Waals surface area contributed by atoms with Gasteiger partial charge in [-0.1, -0.05) is 72.9 Å². The predicted molar refractivity (Wildman–Crippen MR) is 119 cm³/mol. The van der Waals surface area contributed by atoms with Crippen molar-refractivity contribution in [1.29, 1.82) is 0 Å². The van der Waals surface area contributed by atoms with Crippen molar-refractivity contribution in [2.45, 2.75) is 39.8 Å². The highest BCUT2D eigenvalue weighted by Gasteiger charge is 2.26. The summed E-state index contributed by atoms with van der Waals surface area (Å²) in [5.41, 5.74) is 1.50. The lowest BCUT2D eigenvalue weighted by molar-refractivity contribution is -0.140. The van der Waals surface area contributed by atoms with Gasteiger partial charge in [0.05, 0.1) is 16.5 Å². The fraction of sp³-hybridized carbons (Fsp3) is 0.364. The maximum absolute atomic E-state index is 13.1. The third-order valence-corrected chi connectivity index (χ3v) is 5.60. The van der Waals surface area contributed by atoms with Gasteiger partial charge < -0.3 is 10.2 Å². The van der Waals surface area contributed by atoms with Crippen LogP contribution in [0.4, 0.5) is 0 Å². The summed E-state index contributed by atoms with van der Waals surface area (Å²) < 4.78 is 0. The molecule has 0 radical (unpaired) electrons. The number of nitrogens with one attached hydrogen (secondary N) is 1. The van der Waals surface area contributed by atoms with Gasteiger partial charge in [-0.15, -0.1) is 0 Å². The second-order valence-corrected chi connectivity index (χ2v) is 8.57. The highest BCUT2D eigenvalue weighted by Crippen LogP contribution is 2.24. The summed E-state index contributed by atoms with van der Waals surface area (Å²) in [4.78, 5) is 27.3. The molecule has 0 aromatic heterocycles. The minimum atomic E-state index is -0.653. The molecular formula is C22H25Cl3N2O2. The molecule has 0 aliphatic heterocycles. The fourth-order valence-electron chi connectivity index (χ4n) is 2.77. The van der Waals surface area contributed by atoms with Crippen molar-refractivity contribution in [2.75, 3.05) is 6.54 Å². The molecule has 0 aliphatic carbocycles.